The van der Waals surface area contributed by atoms with Crippen molar-refractivity contribution in [2.24, 2.45) is 5.73 Å². The summed E-state index contributed by atoms with van der Waals surface area (Å²) in [4.78, 5) is 0. The van der Waals surface area contributed by atoms with Crippen molar-refractivity contribution in [1.82, 2.24) is 0 Å². The van der Waals surface area contributed by atoms with Crippen LogP contribution in [-0.4, -0.2) is 18.8 Å². The van der Waals surface area contributed by atoms with Crippen molar-refractivity contribution >= 4 is 11.6 Å². The van der Waals surface area contributed by atoms with Gasteiger partial charge in [0, 0.05) is 17.0 Å². The third kappa shape index (κ3) is 5.01. The molecule has 2 aromatic rings. The number of halogens is 5. The van der Waals surface area contributed by atoms with E-state index in [1.165, 1.54) is 37.4 Å². The summed E-state index contributed by atoms with van der Waals surface area (Å²) >= 11 is 6.08. The zero-order chi connectivity index (χ0) is 22.0. The molecule has 0 aliphatic rings. The monoisotopic (exact) mass is 428 g/mol. The molecule has 3 nitrogen and oxygen atoms in total. The summed E-state index contributed by atoms with van der Waals surface area (Å²) in [6.07, 6.45) is -5.90. The second-order valence-electron chi connectivity index (χ2n) is 7.65. The smallest absolute Gasteiger partial charge is 0.406 e. The van der Waals surface area contributed by atoms with Crippen molar-refractivity contribution < 1.29 is 22.3 Å². The van der Waals surface area contributed by atoms with Crippen LogP contribution in [0.1, 0.15) is 37.0 Å². The predicted octanol–water partition coefficient (Wildman–Crippen LogP) is 5.53. The fourth-order valence-corrected chi connectivity index (χ4v) is 3.70. The first-order valence-electron chi connectivity index (χ1n) is 8.71. The molecule has 1 atom stereocenters. The van der Waals surface area contributed by atoms with Crippen LogP contribution in [-0.2, 0) is 11.8 Å². The van der Waals surface area contributed by atoms with E-state index >= 15 is 0 Å². The normalized spacial score (nSPS) is 14.2. The quantitative estimate of drug-likeness (QED) is 0.615. The van der Waals surface area contributed by atoms with Crippen LogP contribution in [0.15, 0.2) is 36.4 Å². The van der Waals surface area contributed by atoms with Crippen molar-refractivity contribution in [2.75, 3.05) is 7.11 Å². The Morgan fingerprint density at radius 1 is 1.14 bits per heavy atom. The molecule has 0 aromatic heterocycles. The Hall–Kier alpha value is -2.30. The van der Waals surface area contributed by atoms with E-state index < -0.39 is 35.8 Å². The summed E-state index contributed by atoms with van der Waals surface area (Å²) < 4.78 is 61.2. The second kappa shape index (κ2) is 8.21. The van der Waals surface area contributed by atoms with Gasteiger partial charge in [0.25, 0.3) is 0 Å². The molecule has 0 aliphatic heterocycles. The maximum absolute atomic E-state index is 14.0. The SMILES string of the molecule is COc1ccc(F)cc1C(C)(C)CC(N)(Cc1ccc(C#N)cc1Cl)C(F)(F)F. The first-order valence-corrected chi connectivity index (χ1v) is 9.09. The van der Waals surface area contributed by atoms with Gasteiger partial charge in [-0.05, 0) is 47.7 Å². The van der Waals surface area contributed by atoms with Gasteiger partial charge < -0.3 is 10.5 Å². The molecule has 0 heterocycles. The lowest BCUT2D eigenvalue weighted by Crippen LogP contribution is -2.58. The first kappa shape index (κ1) is 23.0. The number of nitriles is 1. The average molecular weight is 429 g/mol. The molecule has 0 fully saturated rings. The molecule has 0 radical (unpaired) electrons. The molecule has 8 heteroatoms. The molecule has 0 saturated heterocycles. The number of ether oxygens (including phenoxy) is 1. The predicted molar refractivity (Wildman–Crippen MR) is 103 cm³/mol. The van der Waals surface area contributed by atoms with Gasteiger partial charge in [-0.2, -0.15) is 18.4 Å². The van der Waals surface area contributed by atoms with Crippen molar-refractivity contribution in [3.8, 4) is 11.8 Å². The Labute approximate surface area is 172 Å². The van der Waals surface area contributed by atoms with Gasteiger partial charge in [-0.3, -0.25) is 0 Å². The molecule has 2 rings (SSSR count). The number of benzene rings is 2. The molecule has 0 aliphatic carbocycles. The standard InChI is InChI=1S/C21H21ClF4N2O/c1-19(2,16-9-15(23)6-7-18(16)29-3)12-20(28,21(24,25)26)10-14-5-4-13(11-27)8-17(14)22/h4-9H,10,12,28H2,1-3H3. The van der Waals surface area contributed by atoms with Crippen LogP contribution >= 0.6 is 11.6 Å². The molecule has 29 heavy (non-hydrogen) atoms. The number of methoxy groups -OCH3 is 1. The Bertz CT molecular complexity index is 937. The Balaban J connectivity index is 2.48. The van der Waals surface area contributed by atoms with Crippen molar-refractivity contribution in [3.63, 3.8) is 0 Å². The molecule has 0 amide bonds. The van der Waals surface area contributed by atoms with Gasteiger partial charge >= 0.3 is 6.18 Å². The molecule has 2 N–H and O–H groups in total. The zero-order valence-electron chi connectivity index (χ0n) is 16.2. The third-order valence-electron chi connectivity index (χ3n) is 4.90. The third-order valence-corrected chi connectivity index (χ3v) is 5.25. The average Bonchev–Trinajstić information content (AvgIpc) is 2.62. The highest BCUT2D eigenvalue weighted by Crippen LogP contribution is 2.44. The molecule has 0 saturated carbocycles. The van der Waals surface area contributed by atoms with E-state index in [0.29, 0.717) is 0 Å². The number of hydrogen-bond donors (Lipinski definition) is 1. The van der Waals surface area contributed by atoms with E-state index in [1.54, 1.807) is 13.8 Å². The molecule has 1 unspecified atom stereocenters. The lowest BCUT2D eigenvalue weighted by Gasteiger charge is -2.39. The van der Waals surface area contributed by atoms with Gasteiger partial charge in [0.05, 0.1) is 18.7 Å². The molecular formula is C21H21ClF4N2O. The molecule has 2 aromatic carbocycles. The summed E-state index contributed by atoms with van der Waals surface area (Å²) in [5.74, 6) is -0.309. The topological polar surface area (TPSA) is 59.0 Å². The van der Waals surface area contributed by atoms with Crippen LogP contribution in [0.2, 0.25) is 5.02 Å². The highest BCUT2D eigenvalue weighted by atomic mass is 35.5. The lowest BCUT2D eigenvalue weighted by molar-refractivity contribution is -0.191. The maximum atomic E-state index is 14.0. The second-order valence-corrected chi connectivity index (χ2v) is 8.06. The molecule has 0 bridgehead atoms. The minimum atomic E-state index is -4.76. The van der Waals surface area contributed by atoms with Crippen molar-refractivity contribution in [2.45, 2.75) is 43.8 Å². The number of rotatable bonds is 6. The minimum Gasteiger partial charge on any atom is -0.496 e. The fourth-order valence-electron chi connectivity index (χ4n) is 3.46. The highest BCUT2D eigenvalue weighted by Gasteiger charge is 2.54. The van der Waals surface area contributed by atoms with E-state index in [-0.39, 0.29) is 27.5 Å². The highest BCUT2D eigenvalue weighted by molar-refractivity contribution is 6.31. The van der Waals surface area contributed by atoms with Crippen molar-refractivity contribution in [1.29, 1.82) is 5.26 Å². The van der Waals surface area contributed by atoms with E-state index in [1.807, 2.05) is 6.07 Å². The van der Waals surface area contributed by atoms with Crippen molar-refractivity contribution in [3.05, 3.63) is 63.9 Å². The maximum Gasteiger partial charge on any atom is 0.406 e. The summed E-state index contributed by atoms with van der Waals surface area (Å²) in [6, 6.07) is 9.63. The van der Waals surface area contributed by atoms with Gasteiger partial charge in [0.15, 0.2) is 0 Å². The molecule has 0 spiro atoms. The van der Waals surface area contributed by atoms with Crippen LogP contribution in [0, 0.1) is 17.1 Å². The number of hydrogen-bond acceptors (Lipinski definition) is 3. The summed E-state index contributed by atoms with van der Waals surface area (Å²) in [7, 11) is 1.36. The first-order chi connectivity index (χ1) is 13.3. The van der Waals surface area contributed by atoms with Crippen LogP contribution in [0.25, 0.3) is 0 Å². The number of nitrogens with two attached hydrogens (primary N) is 1. The molecular weight excluding hydrogens is 408 g/mol. The van der Waals surface area contributed by atoms with E-state index in [0.717, 1.165) is 6.07 Å². The minimum absolute atomic E-state index is 0.0317. The number of nitrogens with zero attached hydrogens (tertiary/aromatic N) is 1. The van der Waals surface area contributed by atoms with E-state index in [9.17, 15) is 17.6 Å². The largest absolute Gasteiger partial charge is 0.496 e. The van der Waals surface area contributed by atoms with Gasteiger partial charge in [-0.25, -0.2) is 4.39 Å². The Morgan fingerprint density at radius 2 is 1.79 bits per heavy atom. The lowest BCUT2D eigenvalue weighted by atomic mass is 9.71. The summed E-state index contributed by atoms with van der Waals surface area (Å²) in [5, 5.41) is 8.94. The molecule has 156 valence electrons. The number of alkyl halides is 3. The van der Waals surface area contributed by atoms with Gasteiger partial charge in [0.1, 0.15) is 17.1 Å². The van der Waals surface area contributed by atoms with Gasteiger partial charge in [-0.15, -0.1) is 0 Å². The zero-order valence-corrected chi connectivity index (χ0v) is 17.0. The van der Waals surface area contributed by atoms with Crippen LogP contribution < -0.4 is 10.5 Å². The summed E-state index contributed by atoms with van der Waals surface area (Å²) in [5.41, 5.74) is 2.79. The fraction of sp³-hybridized carbons (Fsp3) is 0.381. The summed E-state index contributed by atoms with van der Waals surface area (Å²) in [6.45, 7) is 3.11. The van der Waals surface area contributed by atoms with Gasteiger partial charge in [0.2, 0.25) is 0 Å². The van der Waals surface area contributed by atoms with Crippen LogP contribution in [0.3, 0.4) is 0 Å². The Morgan fingerprint density at radius 3 is 2.31 bits per heavy atom. The van der Waals surface area contributed by atoms with E-state index in [4.69, 9.17) is 27.3 Å². The van der Waals surface area contributed by atoms with E-state index in [2.05, 4.69) is 0 Å². The van der Waals surface area contributed by atoms with Crippen LogP contribution in [0.4, 0.5) is 17.6 Å². The Kier molecular flexibility index (Phi) is 6.51. The van der Waals surface area contributed by atoms with Crippen LogP contribution in [0.5, 0.6) is 5.75 Å². The van der Waals surface area contributed by atoms with Gasteiger partial charge in [-0.1, -0.05) is 31.5 Å².